The zero-order chi connectivity index (χ0) is 19.4. The lowest BCUT2D eigenvalue weighted by molar-refractivity contribution is -0.385. The van der Waals surface area contributed by atoms with E-state index in [2.05, 4.69) is 15.3 Å². The Labute approximate surface area is 155 Å². The molecule has 2 aromatic heterocycles. The van der Waals surface area contributed by atoms with Crippen LogP contribution in [0.1, 0.15) is 17.3 Å². The summed E-state index contributed by atoms with van der Waals surface area (Å²) in [6.45, 7) is 3.51. The smallest absolute Gasteiger partial charge is 0.287 e. The van der Waals surface area contributed by atoms with Crippen molar-refractivity contribution in [2.45, 2.75) is 6.92 Å². The van der Waals surface area contributed by atoms with Crippen LogP contribution < -0.4 is 10.2 Å². The number of aromatic nitrogens is 2. The molecule has 0 unspecified atom stereocenters. The predicted molar refractivity (Wildman–Crippen MR) is 97.5 cm³/mol. The summed E-state index contributed by atoms with van der Waals surface area (Å²) in [6.07, 6.45) is 2.71. The average Bonchev–Trinajstić information content (AvgIpc) is 2.67. The second kappa shape index (κ2) is 7.77. The van der Waals surface area contributed by atoms with E-state index >= 15 is 0 Å². The van der Waals surface area contributed by atoms with Crippen molar-refractivity contribution in [1.82, 2.24) is 14.9 Å². The highest BCUT2D eigenvalue weighted by atomic mass is 16.6. The summed E-state index contributed by atoms with van der Waals surface area (Å²) in [5.41, 5.74) is 0.399. The van der Waals surface area contributed by atoms with Gasteiger partial charge in [0.05, 0.1) is 4.92 Å². The minimum atomic E-state index is -0.489. The monoisotopic (exact) mass is 370 g/mol. The standard InChI is InChI=1S/C17H18N6O4/c1-12(24)20-15-10-13(4-5-18-15)17(25)22-8-6-21(7-9-22)16-3-2-14(11-19-16)23(26)27/h2-5,10-11H,6-9H2,1H3,(H,18,20,24). The first kappa shape index (κ1) is 18.2. The van der Waals surface area contributed by atoms with Crippen molar-refractivity contribution < 1.29 is 14.5 Å². The van der Waals surface area contributed by atoms with Gasteiger partial charge in [-0.25, -0.2) is 9.97 Å². The van der Waals surface area contributed by atoms with Gasteiger partial charge in [0, 0.05) is 50.9 Å². The Morgan fingerprint density at radius 1 is 1.15 bits per heavy atom. The largest absolute Gasteiger partial charge is 0.353 e. The fourth-order valence-corrected chi connectivity index (χ4v) is 2.81. The van der Waals surface area contributed by atoms with Gasteiger partial charge in [-0.3, -0.25) is 19.7 Å². The fraction of sp³-hybridized carbons (Fsp3) is 0.294. The number of anilines is 2. The van der Waals surface area contributed by atoms with Gasteiger partial charge in [-0.05, 0) is 18.2 Å². The summed E-state index contributed by atoms with van der Waals surface area (Å²) >= 11 is 0. The van der Waals surface area contributed by atoms with Crippen molar-refractivity contribution in [1.29, 1.82) is 0 Å². The molecule has 0 radical (unpaired) electrons. The molecule has 0 aliphatic carbocycles. The van der Waals surface area contributed by atoms with Crippen molar-refractivity contribution in [3.8, 4) is 0 Å². The third kappa shape index (κ3) is 4.35. The molecule has 10 heteroatoms. The molecule has 10 nitrogen and oxygen atoms in total. The van der Waals surface area contributed by atoms with Crippen molar-refractivity contribution in [3.05, 3.63) is 52.3 Å². The fourth-order valence-electron chi connectivity index (χ4n) is 2.81. The molecule has 3 rings (SSSR count). The molecule has 2 amide bonds. The van der Waals surface area contributed by atoms with Gasteiger partial charge < -0.3 is 15.1 Å². The Morgan fingerprint density at radius 3 is 2.48 bits per heavy atom. The van der Waals surface area contributed by atoms with Gasteiger partial charge in [0.15, 0.2) is 0 Å². The number of hydrogen-bond acceptors (Lipinski definition) is 7. The summed E-state index contributed by atoms with van der Waals surface area (Å²) in [5.74, 6) is 0.586. The van der Waals surface area contributed by atoms with Crippen molar-refractivity contribution in [2.24, 2.45) is 0 Å². The average molecular weight is 370 g/mol. The molecule has 0 spiro atoms. The quantitative estimate of drug-likeness (QED) is 0.636. The van der Waals surface area contributed by atoms with E-state index in [-0.39, 0.29) is 17.5 Å². The number of carbonyl (C=O) groups is 2. The van der Waals surface area contributed by atoms with E-state index in [0.717, 1.165) is 0 Å². The maximum atomic E-state index is 12.7. The molecule has 0 bridgehead atoms. The SMILES string of the molecule is CC(=O)Nc1cc(C(=O)N2CCN(c3ccc([N+](=O)[O-])cn3)CC2)ccn1. The lowest BCUT2D eigenvalue weighted by Gasteiger charge is -2.35. The summed E-state index contributed by atoms with van der Waals surface area (Å²) in [4.78, 5) is 45.8. The van der Waals surface area contributed by atoms with Gasteiger partial charge >= 0.3 is 0 Å². The van der Waals surface area contributed by atoms with Crippen LogP contribution >= 0.6 is 0 Å². The predicted octanol–water partition coefficient (Wildman–Crippen LogP) is 1.31. The first-order valence-corrected chi connectivity index (χ1v) is 8.32. The van der Waals surface area contributed by atoms with Gasteiger partial charge in [-0.2, -0.15) is 0 Å². The highest BCUT2D eigenvalue weighted by Crippen LogP contribution is 2.18. The Morgan fingerprint density at radius 2 is 1.89 bits per heavy atom. The molecule has 1 N–H and O–H groups in total. The van der Waals surface area contributed by atoms with Gasteiger partial charge in [0.2, 0.25) is 5.91 Å². The first-order valence-electron chi connectivity index (χ1n) is 8.32. The molecule has 1 fully saturated rings. The molecule has 27 heavy (non-hydrogen) atoms. The molecule has 0 saturated carbocycles. The van der Waals surface area contributed by atoms with Crippen LogP contribution in [0.25, 0.3) is 0 Å². The van der Waals surface area contributed by atoms with Crippen LogP contribution in [-0.2, 0) is 4.79 Å². The second-order valence-electron chi connectivity index (χ2n) is 6.02. The second-order valence-corrected chi connectivity index (χ2v) is 6.02. The molecular weight excluding hydrogens is 352 g/mol. The van der Waals surface area contributed by atoms with Crippen LogP contribution in [0, 0.1) is 10.1 Å². The van der Waals surface area contributed by atoms with E-state index < -0.39 is 4.92 Å². The number of piperazine rings is 1. The Balaban J connectivity index is 1.62. The van der Waals surface area contributed by atoms with E-state index in [0.29, 0.717) is 43.4 Å². The molecule has 140 valence electrons. The molecule has 1 aliphatic heterocycles. The van der Waals surface area contributed by atoms with Crippen molar-refractivity contribution >= 4 is 29.1 Å². The number of pyridine rings is 2. The van der Waals surface area contributed by atoms with Crippen LogP contribution in [0.5, 0.6) is 0 Å². The maximum absolute atomic E-state index is 12.7. The molecule has 1 aliphatic rings. The Bertz CT molecular complexity index is 862. The highest BCUT2D eigenvalue weighted by Gasteiger charge is 2.23. The number of nitro groups is 1. The van der Waals surface area contributed by atoms with Crippen LogP contribution in [0.2, 0.25) is 0 Å². The third-order valence-electron chi connectivity index (χ3n) is 4.14. The molecule has 2 aromatic rings. The first-order chi connectivity index (χ1) is 12.9. The van der Waals surface area contributed by atoms with E-state index in [4.69, 9.17) is 0 Å². The number of carbonyl (C=O) groups excluding carboxylic acids is 2. The van der Waals surface area contributed by atoms with E-state index in [1.165, 1.54) is 25.4 Å². The summed E-state index contributed by atoms with van der Waals surface area (Å²) in [5, 5.41) is 13.3. The van der Waals surface area contributed by atoms with E-state index in [1.54, 1.807) is 23.1 Å². The molecule has 0 atom stereocenters. The van der Waals surface area contributed by atoms with Crippen LogP contribution in [0.4, 0.5) is 17.3 Å². The zero-order valence-electron chi connectivity index (χ0n) is 14.7. The summed E-state index contributed by atoms with van der Waals surface area (Å²) < 4.78 is 0. The normalized spacial score (nSPS) is 14.0. The lowest BCUT2D eigenvalue weighted by Crippen LogP contribution is -2.49. The Kier molecular flexibility index (Phi) is 5.25. The molecular formula is C17H18N6O4. The van der Waals surface area contributed by atoms with E-state index in [9.17, 15) is 19.7 Å². The van der Waals surface area contributed by atoms with Crippen molar-refractivity contribution in [3.63, 3.8) is 0 Å². The molecule has 0 aromatic carbocycles. The van der Waals surface area contributed by atoms with Crippen LogP contribution in [-0.4, -0.2) is 57.8 Å². The minimum absolute atomic E-state index is 0.0553. The zero-order valence-corrected chi connectivity index (χ0v) is 14.7. The lowest BCUT2D eigenvalue weighted by atomic mass is 10.2. The van der Waals surface area contributed by atoms with Crippen LogP contribution in [0.3, 0.4) is 0 Å². The van der Waals surface area contributed by atoms with E-state index in [1.807, 2.05) is 4.90 Å². The van der Waals surface area contributed by atoms with Gasteiger partial charge in [-0.1, -0.05) is 0 Å². The molecule has 3 heterocycles. The number of nitrogens with zero attached hydrogens (tertiary/aromatic N) is 5. The minimum Gasteiger partial charge on any atom is -0.353 e. The van der Waals surface area contributed by atoms with Gasteiger partial charge in [0.25, 0.3) is 11.6 Å². The number of amides is 2. The Hall–Kier alpha value is -3.56. The summed E-state index contributed by atoms with van der Waals surface area (Å²) in [6, 6.07) is 6.18. The van der Waals surface area contributed by atoms with Gasteiger partial charge in [-0.15, -0.1) is 0 Å². The maximum Gasteiger partial charge on any atom is 0.287 e. The van der Waals surface area contributed by atoms with Crippen LogP contribution in [0.15, 0.2) is 36.7 Å². The number of hydrogen-bond donors (Lipinski definition) is 1. The van der Waals surface area contributed by atoms with Crippen molar-refractivity contribution in [2.75, 3.05) is 36.4 Å². The van der Waals surface area contributed by atoms with Gasteiger partial charge in [0.1, 0.15) is 17.8 Å². The number of rotatable bonds is 4. The molecule has 1 saturated heterocycles. The summed E-state index contributed by atoms with van der Waals surface area (Å²) in [7, 11) is 0. The third-order valence-corrected chi connectivity index (χ3v) is 4.14. The highest BCUT2D eigenvalue weighted by molar-refractivity contribution is 5.96. The topological polar surface area (TPSA) is 122 Å². The number of nitrogens with one attached hydrogen (secondary N) is 1.